The van der Waals surface area contributed by atoms with Crippen LogP contribution in [0.15, 0.2) is 59.1 Å². The summed E-state index contributed by atoms with van der Waals surface area (Å²) in [6, 6.07) is 10.4. The van der Waals surface area contributed by atoms with E-state index in [0.717, 1.165) is 64.8 Å². The summed E-state index contributed by atoms with van der Waals surface area (Å²) in [6.45, 7) is 10.4. The highest BCUT2D eigenvalue weighted by Gasteiger charge is 2.19. The molecule has 0 spiro atoms. The Bertz CT molecular complexity index is 998. The van der Waals surface area contributed by atoms with Crippen LogP contribution in [0.25, 0.3) is 11.3 Å². The molecule has 0 saturated carbocycles. The van der Waals surface area contributed by atoms with Crippen molar-refractivity contribution in [3.05, 3.63) is 64.6 Å². The van der Waals surface area contributed by atoms with Crippen LogP contribution in [0.5, 0.6) is 0 Å². The van der Waals surface area contributed by atoms with Crippen molar-refractivity contribution in [3.8, 4) is 5.69 Å². The summed E-state index contributed by atoms with van der Waals surface area (Å²) in [5.74, 6) is 1.68. The van der Waals surface area contributed by atoms with Gasteiger partial charge in [0.15, 0.2) is 5.16 Å². The van der Waals surface area contributed by atoms with Gasteiger partial charge >= 0.3 is 0 Å². The Morgan fingerprint density at radius 2 is 1.84 bits per heavy atom. The highest BCUT2D eigenvalue weighted by molar-refractivity contribution is 7.98. The van der Waals surface area contributed by atoms with Gasteiger partial charge in [-0.25, -0.2) is 4.98 Å². The molecule has 1 aromatic carbocycles. The zero-order valence-electron chi connectivity index (χ0n) is 18.8. The molecule has 0 bridgehead atoms. The Balaban J connectivity index is 1.87. The van der Waals surface area contributed by atoms with E-state index in [-0.39, 0.29) is 0 Å². The number of para-hydroxylation sites is 1. The third-order valence-electron chi connectivity index (χ3n) is 4.71. The van der Waals surface area contributed by atoms with Crippen molar-refractivity contribution in [2.24, 2.45) is 0 Å². The molecule has 0 radical (unpaired) electrons. The molecule has 0 unspecified atom stereocenters. The van der Waals surface area contributed by atoms with Gasteiger partial charge in [0.05, 0.1) is 11.4 Å². The molecule has 0 aliphatic heterocycles. The van der Waals surface area contributed by atoms with Crippen LogP contribution in [0, 0.1) is 0 Å². The average molecular weight is 454 g/mol. The molecule has 0 fully saturated rings. The van der Waals surface area contributed by atoms with Crippen molar-refractivity contribution < 1.29 is 0 Å². The number of nitrogens with zero attached hydrogens (tertiary/aromatic N) is 5. The average Bonchev–Trinajstić information content (AvgIpc) is 3.43. The summed E-state index contributed by atoms with van der Waals surface area (Å²) in [5.41, 5.74) is 3.32. The van der Waals surface area contributed by atoms with Gasteiger partial charge in [-0.3, -0.25) is 4.57 Å². The van der Waals surface area contributed by atoms with E-state index in [0.29, 0.717) is 0 Å². The minimum absolute atomic E-state index is 0.760. The van der Waals surface area contributed by atoms with E-state index in [1.807, 2.05) is 26.0 Å². The molecule has 2 heterocycles. The number of rotatable bonds is 11. The van der Waals surface area contributed by atoms with E-state index in [1.54, 1.807) is 23.1 Å². The SMILES string of the molecule is C/C=C\C(=C/C)c1nc(CSc2nnc(N(CCC)CCC)n2-c2ccccc2)cs1. The minimum atomic E-state index is 0.760. The first-order valence-corrected chi connectivity index (χ1v) is 12.7. The standard InChI is InChI=1S/C24H31N5S2/c1-5-12-19(8-4)22-25-20(17-30-22)18-31-24-27-26-23(28(15-6-2)16-7-3)29(24)21-13-10-9-11-14-21/h5,8-14,17H,6-7,15-16,18H2,1-4H3/b12-5-,19-8+. The zero-order chi connectivity index (χ0) is 22.1. The second kappa shape index (κ2) is 11.9. The van der Waals surface area contributed by atoms with E-state index < -0.39 is 0 Å². The molecule has 0 amide bonds. The number of aromatic nitrogens is 4. The van der Waals surface area contributed by atoms with E-state index in [2.05, 4.69) is 75.3 Å². The number of hydrogen-bond acceptors (Lipinski definition) is 6. The maximum absolute atomic E-state index is 4.83. The van der Waals surface area contributed by atoms with Crippen LogP contribution in [0.4, 0.5) is 5.95 Å². The Kier molecular flexibility index (Phi) is 8.91. The molecule has 2 aromatic heterocycles. The van der Waals surface area contributed by atoms with E-state index in [1.165, 1.54) is 0 Å². The molecule has 3 aromatic rings. The van der Waals surface area contributed by atoms with Gasteiger partial charge in [0.2, 0.25) is 5.95 Å². The number of anilines is 1. The molecule has 0 saturated heterocycles. The lowest BCUT2D eigenvalue weighted by Crippen LogP contribution is -2.28. The Morgan fingerprint density at radius 1 is 1.10 bits per heavy atom. The summed E-state index contributed by atoms with van der Waals surface area (Å²) >= 11 is 3.37. The van der Waals surface area contributed by atoms with Crippen molar-refractivity contribution in [1.82, 2.24) is 19.7 Å². The Hall–Kier alpha value is -2.38. The fourth-order valence-corrected chi connectivity index (χ4v) is 5.15. The summed E-state index contributed by atoms with van der Waals surface area (Å²) in [5, 5.41) is 13.3. The number of thiazole rings is 1. The fourth-order valence-electron chi connectivity index (χ4n) is 3.33. The van der Waals surface area contributed by atoms with Crippen LogP contribution in [0.3, 0.4) is 0 Å². The minimum Gasteiger partial charge on any atom is -0.341 e. The number of thioether (sulfide) groups is 1. The van der Waals surface area contributed by atoms with Crippen LogP contribution >= 0.6 is 23.1 Å². The maximum atomic E-state index is 4.83. The highest BCUT2D eigenvalue weighted by atomic mass is 32.2. The third-order valence-corrected chi connectivity index (χ3v) is 6.61. The first-order valence-electron chi connectivity index (χ1n) is 10.8. The molecule has 164 valence electrons. The van der Waals surface area contributed by atoms with Gasteiger partial charge in [-0.05, 0) is 38.8 Å². The number of allylic oxidation sites excluding steroid dienone is 4. The molecule has 0 aliphatic rings. The summed E-state index contributed by atoms with van der Waals surface area (Å²) in [4.78, 5) is 7.16. The van der Waals surface area contributed by atoms with Crippen LogP contribution in [-0.4, -0.2) is 32.8 Å². The Labute approximate surface area is 193 Å². The smallest absolute Gasteiger partial charge is 0.232 e. The van der Waals surface area contributed by atoms with Crippen molar-refractivity contribution in [2.45, 2.75) is 51.4 Å². The summed E-state index contributed by atoms with van der Waals surface area (Å²) < 4.78 is 2.18. The van der Waals surface area contributed by atoms with Gasteiger partial charge in [-0.15, -0.1) is 21.5 Å². The van der Waals surface area contributed by atoms with Crippen LogP contribution < -0.4 is 4.90 Å². The van der Waals surface area contributed by atoms with Crippen LogP contribution in [-0.2, 0) is 5.75 Å². The normalized spacial score (nSPS) is 12.1. The van der Waals surface area contributed by atoms with Crippen molar-refractivity contribution in [3.63, 3.8) is 0 Å². The second-order valence-electron chi connectivity index (χ2n) is 7.12. The van der Waals surface area contributed by atoms with Gasteiger partial charge < -0.3 is 4.90 Å². The summed E-state index contributed by atoms with van der Waals surface area (Å²) in [7, 11) is 0. The third kappa shape index (κ3) is 5.86. The lowest BCUT2D eigenvalue weighted by molar-refractivity contribution is 0.708. The maximum Gasteiger partial charge on any atom is 0.232 e. The van der Waals surface area contributed by atoms with E-state index >= 15 is 0 Å². The van der Waals surface area contributed by atoms with Gasteiger partial charge in [-0.1, -0.05) is 62.0 Å². The zero-order valence-corrected chi connectivity index (χ0v) is 20.4. The molecule has 0 aliphatic carbocycles. The second-order valence-corrected chi connectivity index (χ2v) is 8.92. The summed E-state index contributed by atoms with van der Waals surface area (Å²) in [6.07, 6.45) is 8.40. The first kappa shape index (κ1) is 23.3. The van der Waals surface area contributed by atoms with Crippen molar-refractivity contribution in [1.29, 1.82) is 0 Å². The van der Waals surface area contributed by atoms with Gasteiger partial charge in [0, 0.05) is 29.8 Å². The molecule has 0 atom stereocenters. The van der Waals surface area contributed by atoms with Crippen molar-refractivity contribution >= 4 is 34.6 Å². The molecular weight excluding hydrogens is 422 g/mol. The predicted octanol–water partition coefficient (Wildman–Crippen LogP) is 6.62. The topological polar surface area (TPSA) is 46.8 Å². The number of benzene rings is 1. The molecule has 3 rings (SSSR count). The number of hydrogen-bond donors (Lipinski definition) is 0. The molecule has 0 N–H and O–H groups in total. The van der Waals surface area contributed by atoms with Crippen LogP contribution in [0.1, 0.15) is 51.2 Å². The monoisotopic (exact) mass is 453 g/mol. The molecule has 5 nitrogen and oxygen atoms in total. The quantitative estimate of drug-likeness (QED) is 0.241. The van der Waals surface area contributed by atoms with Crippen molar-refractivity contribution in [2.75, 3.05) is 18.0 Å². The predicted molar refractivity (Wildman–Crippen MR) is 134 cm³/mol. The first-order chi connectivity index (χ1) is 15.2. The highest BCUT2D eigenvalue weighted by Crippen LogP contribution is 2.30. The van der Waals surface area contributed by atoms with Gasteiger partial charge in [0.25, 0.3) is 0 Å². The molecular formula is C24H31N5S2. The largest absolute Gasteiger partial charge is 0.341 e. The van der Waals surface area contributed by atoms with Crippen LogP contribution in [0.2, 0.25) is 0 Å². The fraction of sp³-hybridized carbons (Fsp3) is 0.375. The van der Waals surface area contributed by atoms with Gasteiger partial charge in [0.1, 0.15) is 5.01 Å². The lowest BCUT2D eigenvalue weighted by atomic mass is 10.2. The Morgan fingerprint density at radius 3 is 2.48 bits per heavy atom. The lowest BCUT2D eigenvalue weighted by Gasteiger charge is -2.23. The van der Waals surface area contributed by atoms with E-state index in [9.17, 15) is 0 Å². The molecule has 7 heteroatoms. The van der Waals surface area contributed by atoms with E-state index in [4.69, 9.17) is 4.98 Å². The van der Waals surface area contributed by atoms with Gasteiger partial charge in [-0.2, -0.15) is 0 Å². The molecule has 31 heavy (non-hydrogen) atoms.